The fourth-order valence-corrected chi connectivity index (χ4v) is 2.13. The molecule has 1 atom stereocenters. The molecule has 0 aliphatic rings. The molecular formula is C13H20FN. The van der Waals surface area contributed by atoms with Crippen molar-refractivity contribution in [2.75, 3.05) is 7.05 Å². The highest BCUT2D eigenvalue weighted by Crippen LogP contribution is 2.28. The van der Waals surface area contributed by atoms with Crippen molar-refractivity contribution >= 4 is 0 Å². The first-order chi connectivity index (χ1) is 7.24. The van der Waals surface area contributed by atoms with Gasteiger partial charge in [0.15, 0.2) is 0 Å². The first kappa shape index (κ1) is 12.2. The van der Waals surface area contributed by atoms with Gasteiger partial charge >= 0.3 is 0 Å². The van der Waals surface area contributed by atoms with Crippen LogP contribution in [0.15, 0.2) is 24.3 Å². The van der Waals surface area contributed by atoms with Crippen LogP contribution in [0.5, 0.6) is 0 Å². The Morgan fingerprint density at radius 1 is 1.20 bits per heavy atom. The van der Waals surface area contributed by atoms with Gasteiger partial charge < -0.3 is 5.32 Å². The molecule has 0 spiro atoms. The molecule has 0 heterocycles. The SMILES string of the molecule is CCC(CC)C(NC)c1ccccc1F. The summed E-state index contributed by atoms with van der Waals surface area (Å²) in [5.41, 5.74) is 0.786. The van der Waals surface area contributed by atoms with E-state index in [0.717, 1.165) is 18.4 Å². The van der Waals surface area contributed by atoms with E-state index in [9.17, 15) is 4.39 Å². The Morgan fingerprint density at radius 2 is 1.80 bits per heavy atom. The van der Waals surface area contributed by atoms with Crippen LogP contribution < -0.4 is 5.32 Å². The van der Waals surface area contributed by atoms with Crippen LogP contribution >= 0.6 is 0 Å². The van der Waals surface area contributed by atoms with Crippen molar-refractivity contribution in [3.63, 3.8) is 0 Å². The van der Waals surface area contributed by atoms with Gasteiger partial charge in [-0.05, 0) is 19.0 Å². The van der Waals surface area contributed by atoms with Gasteiger partial charge in [0.05, 0.1) is 0 Å². The maximum absolute atomic E-state index is 13.6. The molecule has 0 aliphatic heterocycles. The smallest absolute Gasteiger partial charge is 0.127 e. The number of benzene rings is 1. The van der Waals surface area contributed by atoms with E-state index in [1.54, 1.807) is 6.07 Å². The van der Waals surface area contributed by atoms with Gasteiger partial charge in [-0.2, -0.15) is 0 Å². The third kappa shape index (κ3) is 2.78. The molecule has 15 heavy (non-hydrogen) atoms. The topological polar surface area (TPSA) is 12.0 Å². The van der Waals surface area contributed by atoms with E-state index in [-0.39, 0.29) is 11.9 Å². The van der Waals surface area contributed by atoms with E-state index in [0.29, 0.717) is 5.92 Å². The summed E-state index contributed by atoms with van der Waals surface area (Å²) in [7, 11) is 1.90. The van der Waals surface area contributed by atoms with Crippen LogP contribution in [0.4, 0.5) is 4.39 Å². The molecule has 0 saturated carbocycles. The van der Waals surface area contributed by atoms with E-state index in [1.807, 2.05) is 19.2 Å². The van der Waals surface area contributed by atoms with Crippen molar-refractivity contribution in [2.24, 2.45) is 5.92 Å². The number of hydrogen-bond donors (Lipinski definition) is 1. The molecule has 1 aromatic carbocycles. The zero-order valence-corrected chi connectivity index (χ0v) is 9.76. The lowest BCUT2D eigenvalue weighted by Crippen LogP contribution is -2.25. The summed E-state index contributed by atoms with van der Waals surface area (Å²) in [6.45, 7) is 4.30. The van der Waals surface area contributed by atoms with Crippen molar-refractivity contribution in [1.29, 1.82) is 0 Å². The molecule has 1 aromatic rings. The predicted octanol–water partition coefficient (Wildman–Crippen LogP) is 3.52. The zero-order chi connectivity index (χ0) is 11.3. The van der Waals surface area contributed by atoms with E-state index >= 15 is 0 Å². The highest BCUT2D eigenvalue weighted by molar-refractivity contribution is 5.21. The minimum absolute atomic E-state index is 0.108. The van der Waals surface area contributed by atoms with Gasteiger partial charge in [-0.3, -0.25) is 0 Å². The average molecular weight is 209 g/mol. The fraction of sp³-hybridized carbons (Fsp3) is 0.538. The van der Waals surface area contributed by atoms with Crippen molar-refractivity contribution < 1.29 is 4.39 Å². The highest BCUT2D eigenvalue weighted by Gasteiger charge is 2.20. The summed E-state index contributed by atoms with van der Waals surface area (Å²) in [4.78, 5) is 0. The number of nitrogens with one attached hydrogen (secondary N) is 1. The predicted molar refractivity (Wildman–Crippen MR) is 62.3 cm³/mol. The Hall–Kier alpha value is -0.890. The highest BCUT2D eigenvalue weighted by atomic mass is 19.1. The summed E-state index contributed by atoms with van der Waals surface area (Å²) in [5.74, 6) is 0.385. The molecule has 1 unspecified atom stereocenters. The fourth-order valence-electron chi connectivity index (χ4n) is 2.13. The molecule has 84 valence electrons. The van der Waals surface area contributed by atoms with Crippen LogP contribution in [-0.2, 0) is 0 Å². The third-order valence-electron chi connectivity index (χ3n) is 3.07. The molecule has 0 fully saturated rings. The van der Waals surface area contributed by atoms with Crippen LogP contribution in [0.2, 0.25) is 0 Å². The van der Waals surface area contributed by atoms with Gasteiger partial charge in [-0.15, -0.1) is 0 Å². The van der Waals surface area contributed by atoms with Crippen LogP contribution in [0.1, 0.15) is 38.3 Å². The van der Waals surface area contributed by atoms with Gasteiger partial charge in [0.1, 0.15) is 5.82 Å². The molecule has 0 saturated heterocycles. The van der Waals surface area contributed by atoms with Crippen molar-refractivity contribution in [1.82, 2.24) is 5.32 Å². The van der Waals surface area contributed by atoms with Crippen LogP contribution in [0.3, 0.4) is 0 Å². The Kier molecular flexibility index (Phi) is 4.76. The first-order valence-electron chi connectivity index (χ1n) is 5.66. The zero-order valence-electron chi connectivity index (χ0n) is 9.76. The Bertz CT molecular complexity index is 294. The molecular weight excluding hydrogens is 189 g/mol. The second-order valence-corrected chi connectivity index (χ2v) is 3.86. The molecule has 1 N–H and O–H groups in total. The normalized spacial score (nSPS) is 13.1. The van der Waals surface area contributed by atoms with E-state index in [1.165, 1.54) is 6.07 Å². The summed E-state index contributed by atoms with van der Waals surface area (Å²) in [6.07, 6.45) is 2.13. The monoisotopic (exact) mass is 209 g/mol. The van der Waals surface area contributed by atoms with Crippen molar-refractivity contribution in [3.8, 4) is 0 Å². The molecule has 0 aliphatic carbocycles. The molecule has 0 radical (unpaired) electrons. The summed E-state index contributed by atoms with van der Waals surface area (Å²) in [6, 6.07) is 7.15. The maximum Gasteiger partial charge on any atom is 0.127 e. The molecule has 2 heteroatoms. The Labute approximate surface area is 91.7 Å². The minimum atomic E-state index is -0.108. The largest absolute Gasteiger partial charge is 0.313 e. The van der Waals surface area contributed by atoms with Gasteiger partial charge in [0, 0.05) is 11.6 Å². The Morgan fingerprint density at radius 3 is 2.27 bits per heavy atom. The van der Waals surface area contributed by atoms with Gasteiger partial charge in [-0.1, -0.05) is 44.9 Å². The lowest BCUT2D eigenvalue weighted by Gasteiger charge is -2.25. The number of halogens is 1. The van der Waals surface area contributed by atoms with Crippen molar-refractivity contribution in [2.45, 2.75) is 32.7 Å². The van der Waals surface area contributed by atoms with Gasteiger partial charge in [0.25, 0.3) is 0 Å². The minimum Gasteiger partial charge on any atom is -0.313 e. The summed E-state index contributed by atoms with van der Waals surface area (Å²) < 4.78 is 13.6. The summed E-state index contributed by atoms with van der Waals surface area (Å²) >= 11 is 0. The number of hydrogen-bond acceptors (Lipinski definition) is 1. The second-order valence-electron chi connectivity index (χ2n) is 3.86. The molecule has 0 bridgehead atoms. The third-order valence-corrected chi connectivity index (χ3v) is 3.07. The van der Waals surface area contributed by atoms with Gasteiger partial charge in [-0.25, -0.2) is 4.39 Å². The second kappa shape index (κ2) is 5.86. The van der Waals surface area contributed by atoms with Crippen LogP contribution in [0, 0.1) is 11.7 Å². The molecule has 0 aromatic heterocycles. The van der Waals surface area contributed by atoms with Crippen LogP contribution in [-0.4, -0.2) is 7.05 Å². The average Bonchev–Trinajstić information content (AvgIpc) is 2.27. The number of rotatable bonds is 5. The molecule has 1 nitrogen and oxygen atoms in total. The van der Waals surface area contributed by atoms with Crippen LogP contribution in [0.25, 0.3) is 0 Å². The van der Waals surface area contributed by atoms with Crippen molar-refractivity contribution in [3.05, 3.63) is 35.6 Å². The summed E-state index contributed by atoms with van der Waals surface area (Å²) in [5, 5.41) is 3.22. The lowest BCUT2D eigenvalue weighted by atomic mass is 9.89. The lowest BCUT2D eigenvalue weighted by molar-refractivity contribution is 0.350. The Balaban J connectivity index is 2.96. The first-order valence-corrected chi connectivity index (χ1v) is 5.66. The molecule has 1 rings (SSSR count). The molecule has 0 amide bonds. The maximum atomic E-state index is 13.6. The van der Waals surface area contributed by atoms with Gasteiger partial charge in [0.2, 0.25) is 0 Å². The quantitative estimate of drug-likeness (QED) is 0.782. The standard InChI is InChI=1S/C13H20FN/c1-4-10(5-2)13(15-3)11-8-6-7-9-12(11)14/h6-10,13,15H,4-5H2,1-3H3. The van der Waals surface area contributed by atoms with E-state index in [2.05, 4.69) is 19.2 Å². The van der Waals surface area contributed by atoms with E-state index in [4.69, 9.17) is 0 Å². The van der Waals surface area contributed by atoms with E-state index < -0.39 is 0 Å².